The lowest BCUT2D eigenvalue weighted by atomic mass is 10.1. The molecule has 10 heteroatoms. The van der Waals surface area contributed by atoms with E-state index in [0.717, 1.165) is 28.9 Å². The Balaban J connectivity index is -0.000000116. The summed E-state index contributed by atoms with van der Waals surface area (Å²) in [5, 5.41) is 0. The molecule has 0 amide bonds. The number of rotatable bonds is 6. The average Bonchev–Trinajstić information content (AvgIpc) is 4.19. The predicted molar refractivity (Wildman–Crippen MR) is 279 cm³/mol. The topological polar surface area (TPSA) is 130 Å². The van der Waals surface area contributed by atoms with Gasteiger partial charge in [-0.05, 0) is 47.6 Å². The van der Waals surface area contributed by atoms with E-state index in [2.05, 4.69) is 110 Å². The van der Waals surface area contributed by atoms with E-state index in [1.54, 1.807) is 43.5 Å². The second-order valence-corrected chi connectivity index (χ2v) is 13.3. The Kier molecular flexibility index (Phi) is 64.3. The fourth-order valence-electron chi connectivity index (χ4n) is 3.58. The Morgan fingerprint density at radius 2 is 0.953 bits per heavy atom. The van der Waals surface area contributed by atoms with Gasteiger partial charge in [-0.3, -0.25) is 9.97 Å². The van der Waals surface area contributed by atoms with Crippen LogP contribution < -0.4 is 0 Å². The van der Waals surface area contributed by atoms with Crippen LogP contribution in [0.3, 0.4) is 0 Å². The highest BCUT2D eigenvalue weighted by Crippen LogP contribution is 2.12. The third-order valence-electron chi connectivity index (χ3n) is 6.74. The lowest BCUT2D eigenvalue weighted by Crippen LogP contribution is -1.93. The summed E-state index contributed by atoms with van der Waals surface area (Å²) in [5.41, 5.74) is 3.49. The first-order chi connectivity index (χ1) is 30.3. The van der Waals surface area contributed by atoms with Crippen molar-refractivity contribution in [3.8, 4) is 0 Å². The lowest BCUT2D eigenvalue weighted by Gasteiger charge is -2.00. The van der Waals surface area contributed by atoms with Gasteiger partial charge in [0.05, 0.1) is 18.1 Å². The summed E-state index contributed by atoms with van der Waals surface area (Å²) in [6, 6.07) is 11.9. The minimum absolute atomic E-state index is 0. The summed E-state index contributed by atoms with van der Waals surface area (Å²) in [5.74, 6) is 5.60. The maximum Gasteiger partial charge on any atom is 0.196 e. The molecule has 0 aromatic carbocycles. The van der Waals surface area contributed by atoms with Crippen LogP contribution in [0.15, 0.2) is 118 Å². The van der Waals surface area contributed by atoms with Crippen molar-refractivity contribution in [3.63, 3.8) is 0 Å². The van der Waals surface area contributed by atoms with Crippen LogP contribution in [0, 0.1) is 0 Å². The van der Waals surface area contributed by atoms with Gasteiger partial charge in [-0.15, -0.1) is 0 Å². The van der Waals surface area contributed by atoms with Crippen LogP contribution in [0.1, 0.15) is 244 Å². The zero-order chi connectivity index (χ0) is 50.0. The fourth-order valence-corrected chi connectivity index (χ4v) is 3.58. The molecule has 0 unspecified atom stereocenters. The number of nitrogens with zero attached hydrogens (tertiary/aromatic N) is 7. The van der Waals surface area contributed by atoms with Gasteiger partial charge in [-0.25, -0.2) is 24.9 Å². The maximum absolute atomic E-state index is 4.98. The highest BCUT2D eigenvalue weighted by Gasteiger charge is 2.01. The monoisotopic (exact) mass is 894 g/mol. The van der Waals surface area contributed by atoms with Gasteiger partial charge >= 0.3 is 0 Å². The molecule has 0 fully saturated rings. The van der Waals surface area contributed by atoms with Crippen molar-refractivity contribution >= 4 is 0 Å². The van der Waals surface area contributed by atoms with Gasteiger partial charge in [0.25, 0.3) is 0 Å². The Morgan fingerprint density at radius 1 is 0.406 bits per heavy atom. The van der Waals surface area contributed by atoms with E-state index in [0.29, 0.717) is 35.5 Å². The summed E-state index contributed by atoms with van der Waals surface area (Å²) < 4.78 is 14.7. The van der Waals surface area contributed by atoms with Gasteiger partial charge in [0, 0.05) is 54.4 Å². The first kappa shape index (κ1) is 73.4. The first-order valence-electron chi connectivity index (χ1n) is 23.6. The van der Waals surface area contributed by atoms with Gasteiger partial charge in [0.2, 0.25) is 0 Å². The van der Waals surface area contributed by atoms with Crippen LogP contribution in [0.2, 0.25) is 0 Å². The van der Waals surface area contributed by atoms with E-state index >= 15 is 0 Å². The summed E-state index contributed by atoms with van der Waals surface area (Å²) in [6.45, 7) is 49.2. The summed E-state index contributed by atoms with van der Waals surface area (Å²) in [6.07, 6.45) is 18.6. The summed E-state index contributed by atoms with van der Waals surface area (Å²) in [7, 11) is 0. The van der Waals surface area contributed by atoms with Crippen LogP contribution in [-0.4, -0.2) is 34.9 Å². The molecule has 0 atom stereocenters. The third-order valence-corrected chi connectivity index (χ3v) is 6.74. The molecule has 64 heavy (non-hydrogen) atoms. The van der Waals surface area contributed by atoms with Crippen molar-refractivity contribution in [2.45, 2.75) is 209 Å². The number of oxazole rings is 3. The molecule has 0 aliphatic rings. The lowest BCUT2D eigenvalue weighted by molar-refractivity contribution is 0.471. The third kappa shape index (κ3) is 43.7. The minimum atomic E-state index is 0. The van der Waals surface area contributed by atoms with Gasteiger partial charge in [0.15, 0.2) is 18.7 Å². The van der Waals surface area contributed by atoms with E-state index in [-0.39, 0.29) is 7.43 Å². The standard InChI is InChI=1S/2C8H11N.C7H10N2.3C6H9NO.6C2H6.CH4/c1-7(2)8-4-3-5-9-6-8;1-7(2)8-5-3-4-6-9-8;1-6(2)7-8-4-3-5-9-7;1-5(2)6-3-8-4-7-6;1-5(2)6-3-7-4-8-6;1-5(2)6-7-3-4-8-6;6*1-2;/h2*3-7H,1-2H3;3-6H,1-2H3;3*3-5H,1-2H3;6*1-2H3;1H4. The number of pyridine rings is 2. The van der Waals surface area contributed by atoms with Gasteiger partial charge in [-0.2, -0.15) is 0 Å². The highest BCUT2D eigenvalue weighted by atomic mass is 16.3. The van der Waals surface area contributed by atoms with Crippen LogP contribution in [-0.2, 0) is 0 Å². The molecule has 10 nitrogen and oxygen atoms in total. The maximum atomic E-state index is 4.98. The molecule has 6 aromatic heterocycles. The van der Waals surface area contributed by atoms with Crippen molar-refractivity contribution in [2.24, 2.45) is 0 Å². The Hall–Kier alpha value is -4.99. The van der Waals surface area contributed by atoms with Crippen LogP contribution in [0.5, 0.6) is 0 Å². The number of hydrogen-bond donors (Lipinski definition) is 0. The molecular formula is C54H99N7O3. The Bertz CT molecular complexity index is 1380. The molecule has 368 valence electrons. The molecule has 0 aliphatic carbocycles. The molecule has 0 saturated heterocycles. The number of hydrogen-bond acceptors (Lipinski definition) is 10. The number of aromatic nitrogens is 7. The van der Waals surface area contributed by atoms with Crippen molar-refractivity contribution in [1.82, 2.24) is 34.9 Å². The zero-order valence-corrected chi connectivity index (χ0v) is 44.6. The van der Waals surface area contributed by atoms with Crippen molar-refractivity contribution < 1.29 is 13.3 Å². The largest absolute Gasteiger partial charge is 0.451 e. The predicted octanol–water partition coefficient (Wildman–Crippen LogP) is 18.2. The van der Waals surface area contributed by atoms with Gasteiger partial charge in [0.1, 0.15) is 24.1 Å². The van der Waals surface area contributed by atoms with E-state index < -0.39 is 0 Å². The first-order valence-corrected chi connectivity index (χ1v) is 23.6. The van der Waals surface area contributed by atoms with Crippen molar-refractivity contribution in [1.29, 1.82) is 0 Å². The molecule has 0 radical (unpaired) electrons. The molecule has 6 rings (SSSR count). The molecule has 6 heterocycles. The molecule has 0 saturated carbocycles. The summed E-state index contributed by atoms with van der Waals surface area (Å²) in [4.78, 5) is 28.0. The van der Waals surface area contributed by atoms with Crippen LogP contribution in [0.4, 0.5) is 0 Å². The molecular weight excluding hydrogens is 795 g/mol. The van der Waals surface area contributed by atoms with Crippen molar-refractivity contribution in [3.05, 3.63) is 140 Å². The van der Waals surface area contributed by atoms with Crippen LogP contribution >= 0.6 is 0 Å². The quantitative estimate of drug-likeness (QED) is 0.159. The van der Waals surface area contributed by atoms with E-state index in [4.69, 9.17) is 13.3 Å². The molecule has 0 N–H and O–H groups in total. The minimum Gasteiger partial charge on any atom is -0.451 e. The second-order valence-electron chi connectivity index (χ2n) is 13.3. The Morgan fingerprint density at radius 3 is 1.19 bits per heavy atom. The van der Waals surface area contributed by atoms with Gasteiger partial charge in [-0.1, -0.05) is 186 Å². The normalized spacial score (nSPS) is 8.72. The Labute approximate surface area is 395 Å². The van der Waals surface area contributed by atoms with Crippen LogP contribution in [0.25, 0.3) is 0 Å². The fraction of sp³-hybridized carbons (Fsp3) is 0.574. The van der Waals surface area contributed by atoms with E-state index in [1.807, 2.05) is 140 Å². The average molecular weight is 894 g/mol. The van der Waals surface area contributed by atoms with E-state index in [9.17, 15) is 0 Å². The van der Waals surface area contributed by atoms with Crippen molar-refractivity contribution in [2.75, 3.05) is 0 Å². The smallest absolute Gasteiger partial charge is 0.196 e. The molecule has 0 bridgehead atoms. The molecule has 0 spiro atoms. The SMILES string of the molecule is C.CC.CC.CC.CC.CC.CC.CC(C)c1ccccn1.CC(C)c1cccnc1.CC(C)c1cnco1.CC(C)c1cocn1.CC(C)c1ncccn1.CC(C)c1ncco1. The molecule has 0 aliphatic heterocycles. The summed E-state index contributed by atoms with van der Waals surface area (Å²) >= 11 is 0. The second kappa shape index (κ2) is 56.0. The van der Waals surface area contributed by atoms with E-state index in [1.165, 1.54) is 18.4 Å². The van der Waals surface area contributed by atoms with Gasteiger partial charge < -0.3 is 13.3 Å². The zero-order valence-electron chi connectivity index (χ0n) is 44.6. The molecule has 6 aromatic rings. The highest BCUT2D eigenvalue weighted by molar-refractivity contribution is 5.12.